The van der Waals surface area contributed by atoms with Crippen molar-refractivity contribution in [2.45, 2.75) is 38.5 Å². The number of aromatic nitrogens is 2. The molecule has 1 N–H and O–H groups in total. The number of hydrogen-bond acceptors (Lipinski definition) is 4. The van der Waals surface area contributed by atoms with Crippen LogP contribution in [0.1, 0.15) is 25.5 Å². The highest BCUT2D eigenvalue weighted by molar-refractivity contribution is 5.00. The van der Waals surface area contributed by atoms with Crippen LogP contribution >= 0.6 is 0 Å². The van der Waals surface area contributed by atoms with E-state index in [9.17, 15) is 0 Å². The number of ether oxygens (including phenoxy) is 2. The van der Waals surface area contributed by atoms with E-state index in [1.54, 1.807) is 14.2 Å². The highest BCUT2D eigenvalue weighted by Crippen LogP contribution is 2.09. The van der Waals surface area contributed by atoms with Gasteiger partial charge in [0.2, 0.25) is 0 Å². The summed E-state index contributed by atoms with van der Waals surface area (Å²) >= 11 is 0. The maximum atomic E-state index is 5.35. The molecule has 0 bridgehead atoms. The number of rotatable bonds is 9. The zero-order chi connectivity index (χ0) is 13.4. The Bertz CT molecular complexity index is 324. The molecule has 1 unspecified atom stereocenters. The van der Waals surface area contributed by atoms with Crippen LogP contribution in [0.3, 0.4) is 0 Å². The van der Waals surface area contributed by atoms with E-state index in [4.69, 9.17) is 9.47 Å². The second-order valence-corrected chi connectivity index (χ2v) is 4.39. The Morgan fingerprint density at radius 3 is 2.61 bits per heavy atom. The van der Waals surface area contributed by atoms with Gasteiger partial charge in [-0.2, -0.15) is 5.10 Å². The molecule has 0 aliphatic rings. The zero-order valence-electron chi connectivity index (χ0n) is 11.8. The fourth-order valence-electron chi connectivity index (χ4n) is 2.04. The molecule has 18 heavy (non-hydrogen) atoms. The first kappa shape index (κ1) is 15.1. The van der Waals surface area contributed by atoms with Gasteiger partial charge < -0.3 is 14.8 Å². The number of nitrogens with one attached hydrogen (secondary N) is 1. The summed E-state index contributed by atoms with van der Waals surface area (Å²) in [5.41, 5.74) is 1.23. The van der Waals surface area contributed by atoms with Crippen molar-refractivity contribution >= 4 is 0 Å². The summed E-state index contributed by atoms with van der Waals surface area (Å²) in [4.78, 5) is 0. The van der Waals surface area contributed by atoms with Gasteiger partial charge in [0.15, 0.2) is 6.29 Å². The quantitative estimate of drug-likeness (QED) is 0.677. The summed E-state index contributed by atoms with van der Waals surface area (Å²) in [6.45, 7) is 3.12. The van der Waals surface area contributed by atoms with Crippen molar-refractivity contribution in [2.24, 2.45) is 7.05 Å². The monoisotopic (exact) mass is 255 g/mol. The molecule has 0 aromatic carbocycles. The van der Waals surface area contributed by atoms with E-state index in [-0.39, 0.29) is 12.3 Å². The van der Waals surface area contributed by atoms with Crippen LogP contribution in [0.5, 0.6) is 0 Å². The van der Waals surface area contributed by atoms with Crippen LogP contribution in [0.25, 0.3) is 0 Å². The third-order valence-corrected chi connectivity index (χ3v) is 3.08. The second kappa shape index (κ2) is 8.24. The van der Waals surface area contributed by atoms with Crippen molar-refractivity contribution in [2.75, 3.05) is 20.8 Å². The maximum Gasteiger partial charge on any atom is 0.171 e. The molecule has 104 valence electrons. The van der Waals surface area contributed by atoms with Crippen LogP contribution in [0.2, 0.25) is 0 Å². The van der Waals surface area contributed by atoms with E-state index in [1.807, 2.05) is 24.0 Å². The Labute approximate surface area is 109 Å². The maximum absolute atomic E-state index is 5.35. The molecule has 0 aliphatic heterocycles. The third kappa shape index (κ3) is 4.40. The van der Waals surface area contributed by atoms with Crippen molar-refractivity contribution in [3.8, 4) is 0 Å². The lowest BCUT2D eigenvalue weighted by atomic mass is 10.1. The Balaban J connectivity index is 2.52. The first-order valence-electron chi connectivity index (χ1n) is 6.48. The predicted molar refractivity (Wildman–Crippen MR) is 71.4 cm³/mol. The highest BCUT2D eigenvalue weighted by atomic mass is 16.7. The molecular formula is C13H25N3O2. The minimum absolute atomic E-state index is 0.204. The molecule has 0 spiro atoms. The minimum Gasteiger partial charge on any atom is -0.354 e. The van der Waals surface area contributed by atoms with Crippen LogP contribution in [-0.2, 0) is 22.9 Å². The fourth-order valence-corrected chi connectivity index (χ4v) is 2.04. The van der Waals surface area contributed by atoms with Crippen molar-refractivity contribution in [3.63, 3.8) is 0 Å². The summed E-state index contributed by atoms with van der Waals surface area (Å²) in [5.74, 6) is 0. The molecule has 0 aliphatic carbocycles. The normalized spacial score (nSPS) is 13.2. The van der Waals surface area contributed by atoms with Gasteiger partial charge in [0.05, 0.1) is 6.04 Å². The molecule has 0 saturated heterocycles. The van der Waals surface area contributed by atoms with Crippen LogP contribution in [0, 0.1) is 0 Å². The summed E-state index contributed by atoms with van der Waals surface area (Å²) in [6, 6.07) is 2.25. The van der Waals surface area contributed by atoms with Crippen molar-refractivity contribution < 1.29 is 9.47 Å². The molecule has 0 amide bonds. The molecular weight excluding hydrogens is 230 g/mol. The lowest BCUT2D eigenvalue weighted by Crippen LogP contribution is -2.42. The van der Waals surface area contributed by atoms with E-state index >= 15 is 0 Å². The van der Waals surface area contributed by atoms with Gasteiger partial charge in [-0.25, -0.2) is 0 Å². The fraction of sp³-hybridized carbons (Fsp3) is 0.769. The van der Waals surface area contributed by atoms with Gasteiger partial charge in [-0.1, -0.05) is 6.92 Å². The average Bonchev–Trinajstić information content (AvgIpc) is 2.79. The standard InChI is InChI=1S/C13H25N3O2/c1-5-9-14-12(13(17-3)18-4)7-6-11-8-10-15-16(11)2/h8,10,12-14H,5-7,9H2,1-4H3. The molecule has 5 nitrogen and oxygen atoms in total. The van der Waals surface area contributed by atoms with Gasteiger partial charge >= 0.3 is 0 Å². The Hall–Kier alpha value is -0.910. The molecule has 5 heteroatoms. The molecule has 0 radical (unpaired) electrons. The topological polar surface area (TPSA) is 48.3 Å². The van der Waals surface area contributed by atoms with Crippen molar-refractivity contribution in [1.82, 2.24) is 15.1 Å². The highest BCUT2D eigenvalue weighted by Gasteiger charge is 2.20. The Morgan fingerprint density at radius 1 is 1.39 bits per heavy atom. The number of hydrogen-bond donors (Lipinski definition) is 1. The summed E-state index contributed by atoms with van der Waals surface area (Å²) in [5, 5.41) is 7.65. The summed E-state index contributed by atoms with van der Waals surface area (Å²) in [7, 11) is 5.33. The van der Waals surface area contributed by atoms with Crippen LogP contribution < -0.4 is 5.32 Å². The SMILES string of the molecule is CCCNC(CCc1ccnn1C)C(OC)OC. The lowest BCUT2D eigenvalue weighted by Gasteiger charge is -2.25. The number of methoxy groups -OCH3 is 2. The van der Waals surface area contributed by atoms with E-state index < -0.39 is 0 Å². The van der Waals surface area contributed by atoms with E-state index in [0.29, 0.717) is 0 Å². The molecule has 1 atom stereocenters. The van der Waals surface area contributed by atoms with Gasteiger partial charge in [-0.15, -0.1) is 0 Å². The average molecular weight is 255 g/mol. The van der Waals surface area contributed by atoms with Gasteiger partial charge in [0, 0.05) is 33.2 Å². The summed E-state index contributed by atoms with van der Waals surface area (Å²) < 4.78 is 12.6. The smallest absolute Gasteiger partial charge is 0.171 e. The molecule has 1 heterocycles. The van der Waals surface area contributed by atoms with Gasteiger partial charge in [0.1, 0.15) is 0 Å². The molecule has 1 aromatic rings. The number of aryl methyl sites for hydroxylation is 2. The van der Waals surface area contributed by atoms with Gasteiger partial charge in [-0.05, 0) is 31.9 Å². The minimum atomic E-state index is -0.204. The Kier molecular flexibility index (Phi) is 6.93. The zero-order valence-corrected chi connectivity index (χ0v) is 11.8. The predicted octanol–water partition coefficient (Wildman–Crippen LogP) is 1.34. The van der Waals surface area contributed by atoms with E-state index in [2.05, 4.69) is 17.3 Å². The largest absolute Gasteiger partial charge is 0.354 e. The van der Waals surface area contributed by atoms with Gasteiger partial charge in [0.25, 0.3) is 0 Å². The molecule has 1 aromatic heterocycles. The van der Waals surface area contributed by atoms with Crippen LogP contribution in [0.15, 0.2) is 12.3 Å². The molecule has 0 saturated carbocycles. The summed E-state index contributed by atoms with van der Waals surface area (Å²) in [6.07, 6.45) is 4.65. The lowest BCUT2D eigenvalue weighted by molar-refractivity contribution is -0.124. The van der Waals surface area contributed by atoms with E-state index in [1.165, 1.54) is 5.69 Å². The van der Waals surface area contributed by atoms with Crippen LogP contribution in [0.4, 0.5) is 0 Å². The molecule has 1 rings (SSSR count). The third-order valence-electron chi connectivity index (χ3n) is 3.08. The van der Waals surface area contributed by atoms with Crippen molar-refractivity contribution in [1.29, 1.82) is 0 Å². The van der Waals surface area contributed by atoms with Gasteiger partial charge in [-0.3, -0.25) is 4.68 Å². The molecule has 0 fully saturated rings. The van der Waals surface area contributed by atoms with Crippen molar-refractivity contribution in [3.05, 3.63) is 18.0 Å². The van der Waals surface area contributed by atoms with E-state index in [0.717, 1.165) is 25.8 Å². The first-order chi connectivity index (χ1) is 8.72. The Morgan fingerprint density at radius 2 is 2.11 bits per heavy atom. The number of nitrogens with zero attached hydrogens (tertiary/aromatic N) is 2. The second-order valence-electron chi connectivity index (χ2n) is 4.39. The first-order valence-corrected chi connectivity index (χ1v) is 6.48. The van der Waals surface area contributed by atoms with Crippen LogP contribution in [-0.4, -0.2) is 42.9 Å².